The molecule has 0 saturated carbocycles. The molecule has 82 valence electrons. The average Bonchev–Trinajstić information content (AvgIpc) is 2.10. The van der Waals surface area contributed by atoms with E-state index < -0.39 is 0 Å². The van der Waals surface area contributed by atoms with E-state index in [1.165, 1.54) is 0 Å². The highest BCUT2D eigenvalue weighted by atomic mass is 16.1. The van der Waals surface area contributed by atoms with Gasteiger partial charge in [0.1, 0.15) is 0 Å². The minimum absolute atomic E-state index is 0.195. The lowest BCUT2D eigenvalue weighted by Gasteiger charge is -2.34. The Morgan fingerprint density at radius 2 is 2.14 bits per heavy atom. The summed E-state index contributed by atoms with van der Waals surface area (Å²) < 4.78 is 0. The van der Waals surface area contributed by atoms with Crippen molar-refractivity contribution in [2.45, 2.75) is 64.6 Å². The van der Waals surface area contributed by atoms with Gasteiger partial charge in [0.05, 0.1) is 0 Å². The monoisotopic (exact) mass is 198 g/mol. The minimum Gasteiger partial charge on any atom is -0.352 e. The Morgan fingerprint density at radius 1 is 1.43 bits per heavy atom. The zero-order valence-electron chi connectivity index (χ0n) is 9.47. The van der Waals surface area contributed by atoms with Gasteiger partial charge in [-0.1, -0.05) is 6.92 Å². The maximum absolute atomic E-state index is 11.4. The van der Waals surface area contributed by atoms with Crippen LogP contribution in [-0.2, 0) is 4.79 Å². The van der Waals surface area contributed by atoms with Crippen LogP contribution in [0.3, 0.4) is 0 Å². The lowest BCUT2D eigenvalue weighted by Crippen LogP contribution is -2.54. The summed E-state index contributed by atoms with van der Waals surface area (Å²) in [6, 6.07) is 1.31. The third-order valence-corrected chi connectivity index (χ3v) is 2.89. The van der Waals surface area contributed by atoms with Crippen LogP contribution in [0.5, 0.6) is 0 Å². The van der Waals surface area contributed by atoms with Crippen LogP contribution in [0.1, 0.15) is 46.5 Å². The third kappa shape index (κ3) is 3.29. The largest absolute Gasteiger partial charge is 0.352 e. The van der Waals surface area contributed by atoms with Gasteiger partial charge in [-0.3, -0.25) is 4.79 Å². The Hall–Kier alpha value is -0.570. The van der Waals surface area contributed by atoms with E-state index in [-0.39, 0.29) is 5.91 Å². The second kappa shape index (κ2) is 5.35. The van der Waals surface area contributed by atoms with E-state index >= 15 is 0 Å². The first-order valence-corrected chi connectivity index (χ1v) is 5.69. The lowest BCUT2D eigenvalue weighted by molar-refractivity contribution is -0.122. The van der Waals surface area contributed by atoms with Crippen LogP contribution in [0.25, 0.3) is 0 Å². The highest BCUT2D eigenvalue weighted by molar-refractivity contribution is 5.76. The van der Waals surface area contributed by atoms with Crippen molar-refractivity contribution in [1.29, 1.82) is 0 Å². The van der Waals surface area contributed by atoms with E-state index in [1.54, 1.807) is 0 Å². The molecular formula is C11H22N2O. The van der Waals surface area contributed by atoms with Gasteiger partial charge in [-0.15, -0.1) is 0 Å². The molecule has 0 spiro atoms. The normalized spacial score (nSPS) is 32.6. The SMILES string of the molecule is CCCC(=O)NC1CCC(C)NC1C. The zero-order valence-corrected chi connectivity index (χ0v) is 9.47. The summed E-state index contributed by atoms with van der Waals surface area (Å²) in [5, 5.41) is 6.55. The van der Waals surface area contributed by atoms with Gasteiger partial charge >= 0.3 is 0 Å². The first-order valence-electron chi connectivity index (χ1n) is 5.69. The van der Waals surface area contributed by atoms with Crippen LogP contribution in [0.4, 0.5) is 0 Å². The fourth-order valence-electron chi connectivity index (χ4n) is 2.03. The van der Waals surface area contributed by atoms with Crippen molar-refractivity contribution < 1.29 is 4.79 Å². The van der Waals surface area contributed by atoms with Gasteiger partial charge in [0, 0.05) is 24.5 Å². The smallest absolute Gasteiger partial charge is 0.220 e. The number of amides is 1. The Labute approximate surface area is 86.6 Å². The molecule has 1 saturated heterocycles. The summed E-state index contributed by atoms with van der Waals surface area (Å²) in [4.78, 5) is 11.4. The summed E-state index contributed by atoms with van der Waals surface area (Å²) >= 11 is 0. The van der Waals surface area contributed by atoms with Crippen LogP contribution < -0.4 is 10.6 Å². The average molecular weight is 198 g/mol. The molecule has 0 aromatic rings. The third-order valence-electron chi connectivity index (χ3n) is 2.89. The maximum Gasteiger partial charge on any atom is 0.220 e. The molecule has 3 atom stereocenters. The van der Waals surface area contributed by atoms with Crippen molar-refractivity contribution in [1.82, 2.24) is 10.6 Å². The highest BCUT2D eigenvalue weighted by Gasteiger charge is 2.25. The first-order chi connectivity index (χ1) is 6.63. The highest BCUT2D eigenvalue weighted by Crippen LogP contribution is 2.13. The van der Waals surface area contributed by atoms with Crippen molar-refractivity contribution >= 4 is 5.91 Å². The molecule has 3 heteroatoms. The van der Waals surface area contributed by atoms with Gasteiger partial charge in [0.2, 0.25) is 5.91 Å². The summed E-state index contributed by atoms with van der Waals surface area (Å²) in [6.07, 6.45) is 3.84. The number of rotatable bonds is 3. The molecule has 1 heterocycles. The molecule has 1 fully saturated rings. The molecule has 1 aliphatic rings. The predicted octanol–water partition coefficient (Wildman–Crippen LogP) is 1.43. The molecule has 2 N–H and O–H groups in total. The van der Waals surface area contributed by atoms with Gasteiger partial charge in [-0.05, 0) is 33.1 Å². The second-order valence-corrected chi connectivity index (χ2v) is 4.36. The number of hydrogen-bond acceptors (Lipinski definition) is 2. The van der Waals surface area contributed by atoms with E-state index in [1.807, 2.05) is 6.92 Å². The van der Waals surface area contributed by atoms with Crippen molar-refractivity contribution in [3.63, 3.8) is 0 Å². The molecule has 0 radical (unpaired) electrons. The van der Waals surface area contributed by atoms with Crippen LogP contribution in [0, 0.1) is 0 Å². The Balaban J connectivity index is 2.33. The summed E-state index contributed by atoms with van der Waals surface area (Å²) in [5.41, 5.74) is 0. The number of carbonyl (C=O) groups excluding carboxylic acids is 1. The van der Waals surface area contributed by atoms with E-state index in [2.05, 4.69) is 24.5 Å². The fourth-order valence-corrected chi connectivity index (χ4v) is 2.03. The van der Waals surface area contributed by atoms with Crippen LogP contribution in [0.2, 0.25) is 0 Å². The molecule has 14 heavy (non-hydrogen) atoms. The molecule has 0 aliphatic carbocycles. The molecule has 1 amide bonds. The number of piperidine rings is 1. The molecule has 0 aromatic carbocycles. The second-order valence-electron chi connectivity index (χ2n) is 4.36. The Bertz CT molecular complexity index is 194. The molecule has 0 aromatic heterocycles. The first kappa shape index (κ1) is 11.5. The molecule has 0 bridgehead atoms. The summed E-state index contributed by atoms with van der Waals surface area (Å²) in [5.74, 6) is 0.195. The van der Waals surface area contributed by atoms with E-state index in [0.717, 1.165) is 19.3 Å². The quantitative estimate of drug-likeness (QED) is 0.720. The zero-order chi connectivity index (χ0) is 10.6. The van der Waals surface area contributed by atoms with Crippen LogP contribution in [-0.4, -0.2) is 24.0 Å². The topological polar surface area (TPSA) is 41.1 Å². The van der Waals surface area contributed by atoms with Gasteiger partial charge < -0.3 is 10.6 Å². The lowest BCUT2D eigenvalue weighted by atomic mass is 9.95. The number of carbonyl (C=O) groups is 1. The maximum atomic E-state index is 11.4. The standard InChI is InChI=1S/C11H22N2O/c1-4-5-11(14)13-10-7-6-8(2)12-9(10)3/h8-10,12H,4-7H2,1-3H3,(H,13,14). The Morgan fingerprint density at radius 3 is 2.71 bits per heavy atom. The van der Waals surface area contributed by atoms with Crippen molar-refractivity contribution in [3.05, 3.63) is 0 Å². The van der Waals surface area contributed by atoms with E-state index in [4.69, 9.17) is 0 Å². The predicted molar refractivity (Wildman–Crippen MR) is 58.1 cm³/mol. The molecular weight excluding hydrogens is 176 g/mol. The summed E-state index contributed by atoms with van der Waals surface area (Å²) in [6.45, 7) is 6.37. The Kier molecular flexibility index (Phi) is 4.39. The van der Waals surface area contributed by atoms with Crippen molar-refractivity contribution in [3.8, 4) is 0 Å². The summed E-state index contributed by atoms with van der Waals surface area (Å²) in [7, 11) is 0. The van der Waals surface area contributed by atoms with Crippen LogP contribution in [0.15, 0.2) is 0 Å². The van der Waals surface area contributed by atoms with Gasteiger partial charge in [-0.2, -0.15) is 0 Å². The van der Waals surface area contributed by atoms with E-state index in [0.29, 0.717) is 24.5 Å². The molecule has 1 rings (SSSR count). The molecule has 3 unspecified atom stereocenters. The van der Waals surface area contributed by atoms with Gasteiger partial charge in [-0.25, -0.2) is 0 Å². The fraction of sp³-hybridized carbons (Fsp3) is 0.909. The van der Waals surface area contributed by atoms with Gasteiger partial charge in [0.15, 0.2) is 0 Å². The van der Waals surface area contributed by atoms with E-state index in [9.17, 15) is 4.79 Å². The van der Waals surface area contributed by atoms with Crippen molar-refractivity contribution in [2.24, 2.45) is 0 Å². The van der Waals surface area contributed by atoms with Crippen molar-refractivity contribution in [2.75, 3.05) is 0 Å². The number of nitrogens with one attached hydrogen (secondary N) is 2. The minimum atomic E-state index is 0.195. The molecule has 3 nitrogen and oxygen atoms in total. The number of hydrogen-bond donors (Lipinski definition) is 2. The molecule has 1 aliphatic heterocycles. The van der Waals surface area contributed by atoms with Gasteiger partial charge in [0.25, 0.3) is 0 Å². The van der Waals surface area contributed by atoms with Crippen LogP contribution >= 0.6 is 0 Å².